The molecule has 2 aromatic rings. The maximum Gasteiger partial charge on any atom is 0.331 e. The van der Waals surface area contributed by atoms with E-state index in [-0.39, 0.29) is 28.9 Å². The Morgan fingerprint density at radius 3 is 2.47 bits per heavy atom. The molecule has 2 heterocycles. The molecule has 11 heteroatoms. The molecule has 2 saturated carbocycles. The lowest BCUT2D eigenvalue weighted by Gasteiger charge is -2.30. The number of aromatic nitrogens is 2. The molecule has 198 valence electrons. The average molecular weight is 520 g/mol. The average Bonchev–Trinajstić information content (AvgIpc) is 3.42. The number of nitrogens with one attached hydrogen (secondary N) is 2. The fourth-order valence-electron chi connectivity index (χ4n) is 5.86. The van der Waals surface area contributed by atoms with Gasteiger partial charge in [-0.2, -0.15) is 5.48 Å². The summed E-state index contributed by atoms with van der Waals surface area (Å²) in [6.07, 6.45) is 8.82. The number of sulfonamides is 1. The first-order chi connectivity index (χ1) is 17.1. The zero-order valence-corrected chi connectivity index (χ0v) is 21.9. The number of fused-ring (bicyclic) bond motifs is 1. The number of hydrogen-bond donors (Lipinski definition) is 3. The van der Waals surface area contributed by atoms with E-state index in [4.69, 9.17) is 10.6 Å². The van der Waals surface area contributed by atoms with Crippen molar-refractivity contribution >= 4 is 20.9 Å². The topological polar surface area (TPSA) is 137 Å². The molecule has 36 heavy (non-hydrogen) atoms. The molecule has 5 rings (SSSR count). The summed E-state index contributed by atoms with van der Waals surface area (Å²) in [4.78, 5) is 32.6. The Morgan fingerprint density at radius 1 is 1.14 bits per heavy atom. The van der Waals surface area contributed by atoms with Crippen molar-refractivity contribution in [2.75, 3.05) is 0 Å². The summed E-state index contributed by atoms with van der Waals surface area (Å²) in [5, 5.41) is 0.179. The molecule has 2 aliphatic carbocycles. The fraction of sp³-hybridized carbons (Fsp3) is 0.680. The van der Waals surface area contributed by atoms with Crippen molar-refractivity contribution in [3.63, 3.8) is 0 Å². The van der Waals surface area contributed by atoms with E-state index in [1.54, 1.807) is 7.05 Å². The van der Waals surface area contributed by atoms with Gasteiger partial charge in [-0.3, -0.25) is 18.8 Å². The van der Waals surface area contributed by atoms with Gasteiger partial charge >= 0.3 is 5.69 Å². The molecule has 3 unspecified atom stereocenters. The van der Waals surface area contributed by atoms with Crippen molar-refractivity contribution in [2.24, 2.45) is 24.6 Å². The molecule has 3 fully saturated rings. The monoisotopic (exact) mass is 519 g/mol. The van der Waals surface area contributed by atoms with Crippen LogP contribution in [0.1, 0.15) is 64.7 Å². The van der Waals surface area contributed by atoms with E-state index in [1.807, 2.05) is 6.92 Å². The number of hydroxylamine groups is 1. The molecule has 10 nitrogen and oxygen atoms in total. The summed E-state index contributed by atoms with van der Waals surface area (Å²) in [5.41, 5.74) is 8.23. The molecule has 0 amide bonds. The summed E-state index contributed by atoms with van der Waals surface area (Å²) in [6, 6.07) is 4.33. The number of hydrogen-bond acceptors (Lipinski definition) is 7. The van der Waals surface area contributed by atoms with Crippen LogP contribution in [0.2, 0.25) is 0 Å². The van der Waals surface area contributed by atoms with E-state index in [0.717, 1.165) is 43.1 Å². The van der Waals surface area contributed by atoms with Gasteiger partial charge in [0.25, 0.3) is 5.56 Å². The molecule has 0 bridgehead atoms. The first kappa shape index (κ1) is 25.6. The van der Waals surface area contributed by atoms with Crippen LogP contribution in [0.4, 0.5) is 0 Å². The van der Waals surface area contributed by atoms with Gasteiger partial charge in [0.15, 0.2) is 0 Å². The predicted octanol–water partition coefficient (Wildman–Crippen LogP) is 1.70. The van der Waals surface area contributed by atoms with Crippen molar-refractivity contribution in [2.45, 2.75) is 94.0 Å². The third kappa shape index (κ3) is 4.91. The third-order valence-corrected chi connectivity index (χ3v) is 9.91. The Labute approximate surface area is 211 Å². The van der Waals surface area contributed by atoms with Crippen LogP contribution in [0.3, 0.4) is 0 Å². The van der Waals surface area contributed by atoms with Crippen LogP contribution < -0.4 is 27.2 Å². The van der Waals surface area contributed by atoms with Crippen LogP contribution in [0, 0.1) is 11.8 Å². The minimum atomic E-state index is -3.80. The van der Waals surface area contributed by atoms with E-state index in [0.29, 0.717) is 11.4 Å². The van der Waals surface area contributed by atoms with Crippen LogP contribution >= 0.6 is 0 Å². The number of benzene rings is 1. The van der Waals surface area contributed by atoms with E-state index < -0.39 is 32.9 Å². The van der Waals surface area contributed by atoms with Crippen molar-refractivity contribution in [3.05, 3.63) is 39.0 Å². The van der Waals surface area contributed by atoms with Crippen LogP contribution in [0.5, 0.6) is 0 Å². The molecule has 1 saturated heterocycles. The second kappa shape index (κ2) is 9.68. The van der Waals surface area contributed by atoms with E-state index in [2.05, 4.69) is 10.2 Å². The molecule has 4 N–H and O–H groups in total. The molecule has 0 spiro atoms. The van der Waals surface area contributed by atoms with Gasteiger partial charge in [0.2, 0.25) is 10.0 Å². The summed E-state index contributed by atoms with van der Waals surface area (Å²) in [6.45, 7) is 1.91. The normalized spacial score (nSPS) is 27.1. The molecular weight excluding hydrogens is 482 g/mol. The number of rotatable bonds is 6. The minimum Gasteiger partial charge on any atom is -0.314 e. The van der Waals surface area contributed by atoms with Gasteiger partial charge in [-0.25, -0.2) is 17.9 Å². The van der Waals surface area contributed by atoms with Gasteiger partial charge in [0.05, 0.1) is 28.5 Å². The van der Waals surface area contributed by atoms with Crippen LogP contribution in [-0.4, -0.2) is 35.4 Å². The highest BCUT2D eigenvalue weighted by molar-refractivity contribution is 7.89. The van der Waals surface area contributed by atoms with Gasteiger partial charge in [0.1, 0.15) is 6.10 Å². The van der Waals surface area contributed by atoms with Gasteiger partial charge in [-0.1, -0.05) is 32.1 Å². The van der Waals surface area contributed by atoms with Crippen LogP contribution in [-0.2, 0) is 28.5 Å². The highest BCUT2D eigenvalue weighted by atomic mass is 32.2. The fourth-order valence-corrected chi connectivity index (χ4v) is 7.35. The Hall–Kier alpha value is -2.05. The first-order valence-electron chi connectivity index (χ1n) is 13.0. The maximum atomic E-state index is 13.6. The Balaban J connectivity index is 1.49. The third-order valence-electron chi connectivity index (χ3n) is 8.27. The molecule has 3 aliphatic rings. The van der Waals surface area contributed by atoms with E-state index in [9.17, 15) is 18.0 Å². The zero-order valence-electron chi connectivity index (χ0n) is 21.0. The lowest BCUT2D eigenvalue weighted by Crippen LogP contribution is -2.45. The van der Waals surface area contributed by atoms with Crippen LogP contribution in [0.25, 0.3) is 10.9 Å². The van der Waals surface area contributed by atoms with Crippen molar-refractivity contribution < 1.29 is 13.3 Å². The van der Waals surface area contributed by atoms with Crippen molar-refractivity contribution in [1.82, 2.24) is 19.3 Å². The first-order valence-corrected chi connectivity index (χ1v) is 14.5. The van der Waals surface area contributed by atoms with E-state index >= 15 is 0 Å². The van der Waals surface area contributed by atoms with Gasteiger partial charge in [0, 0.05) is 18.5 Å². The molecular formula is C25H37N5O5S. The van der Waals surface area contributed by atoms with Gasteiger partial charge in [-0.05, 0) is 56.7 Å². The van der Waals surface area contributed by atoms with Gasteiger partial charge < -0.3 is 5.73 Å². The van der Waals surface area contributed by atoms with Crippen molar-refractivity contribution in [1.29, 1.82) is 0 Å². The second-order valence-electron chi connectivity index (χ2n) is 11.1. The predicted molar refractivity (Wildman–Crippen MR) is 137 cm³/mol. The summed E-state index contributed by atoms with van der Waals surface area (Å²) in [5.74, 6) is 0.331. The zero-order chi connectivity index (χ0) is 25.7. The highest BCUT2D eigenvalue weighted by Crippen LogP contribution is 2.36. The Bertz CT molecular complexity index is 1360. The minimum absolute atomic E-state index is 0.0126. The second-order valence-corrected chi connectivity index (χ2v) is 12.8. The van der Waals surface area contributed by atoms with Gasteiger partial charge in [-0.15, -0.1) is 0 Å². The SMILES string of the molecule is Cn1c(=O)n(CC2ONC(N)C2C2CCCCCCC2)c(=O)c2cc(S(=O)(=O)NC3(C)CC3)ccc21. The molecule has 1 aromatic carbocycles. The largest absolute Gasteiger partial charge is 0.331 e. The smallest absolute Gasteiger partial charge is 0.314 e. The Kier molecular flexibility index (Phi) is 6.88. The lowest BCUT2D eigenvalue weighted by molar-refractivity contribution is 0.000594. The number of aryl methyl sites for hydroxylation is 1. The highest BCUT2D eigenvalue weighted by Gasteiger charge is 2.42. The summed E-state index contributed by atoms with van der Waals surface area (Å²) in [7, 11) is -2.21. The van der Waals surface area contributed by atoms with Crippen molar-refractivity contribution in [3.8, 4) is 0 Å². The number of nitrogens with two attached hydrogens (primary N) is 1. The lowest BCUT2D eigenvalue weighted by atomic mass is 9.78. The summed E-state index contributed by atoms with van der Waals surface area (Å²) >= 11 is 0. The molecule has 3 atom stereocenters. The standard InChI is InChI=1S/C25H37N5O5S/c1-25(12-13-25)28-36(33,34)17-10-11-19-18(14-17)23(31)30(24(32)29(19)2)15-20-21(22(26)27-35-20)16-8-6-4-3-5-7-9-16/h10-11,14,16,20-22,27-28H,3-9,12-13,15,26H2,1-2H3. The van der Waals surface area contributed by atoms with Crippen LogP contribution in [0.15, 0.2) is 32.7 Å². The Morgan fingerprint density at radius 2 is 1.81 bits per heavy atom. The number of nitrogens with zero attached hydrogens (tertiary/aromatic N) is 2. The molecule has 0 radical (unpaired) electrons. The molecule has 1 aliphatic heterocycles. The van der Waals surface area contributed by atoms with E-state index in [1.165, 1.54) is 42.0 Å². The molecule has 1 aromatic heterocycles. The summed E-state index contributed by atoms with van der Waals surface area (Å²) < 4.78 is 31.1. The quantitative estimate of drug-likeness (QED) is 0.528. The maximum absolute atomic E-state index is 13.6.